The van der Waals surface area contributed by atoms with Gasteiger partial charge in [0.25, 0.3) is 0 Å². The predicted octanol–water partition coefficient (Wildman–Crippen LogP) is 2.36. The molecule has 0 bridgehead atoms. The van der Waals surface area contributed by atoms with Crippen molar-refractivity contribution in [3.05, 3.63) is 35.4 Å². The molecule has 0 atom stereocenters. The quantitative estimate of drug-likeness (QED) is 0.749. The number of Topliss-reactive ketones (excluding diaryl/α,β-unsaturated/α-hetero) is 1. The van der Waals surface area contributed by atoms with Crippen LogP contribution in [0.1, 0.15) is 30.1 Å². The summed E-state index contributed by atoms with van der Waals surface area (Å²) in [5.74, 6) is -2.26. The van der Waals surface area contributed by atoms with E-state index in [0.717, 1.165) is 12.1 Å². The maximum atomic E-state index is 13.2. The van der Waals surface area contributed by atoms with Gasteiger partial charge in [-0.3, -0.25) is 4.79 Å². The van der Waals surface area contributed by atoms with Crippen LogP contribution in [0.5, 0.6) is 0 Å². The molecule has 100 valence electrons. The fourth-order valence-electron chi connectivity index (χ4n) is 1.45. The Morgan fingerprint density at radius 1 is 1.28 bits per heavy atom. The molecule has 0 aromatic heterocycles. The zero-order valence-corrected chi connectivity index (χ0v) is 10.8. The minimum absolute atomic E-state index is 0.0199. The van der Waals surface area contributed by atoms with Gasteiger partial charge >= 0.3 is 0 Å². The van der Waals surface area contributed by atoms with E-state index >= 15 is 0 Å². The van der Waals surface area contributed by atoms with E-state index in [0.29, 0.717) is 6.07 Å². The molecule has 0 aliphatic heterocycles. The van der Waals surface area contributed by atoms with E-state index < -0.39 is 27.3 Å². The van der Waals surface area contributed by atoms with Gasteiger partial charge in [-0.1, -0.05) is 6.92 Å². The molecule has 0 N–H and O–H groups in total. The molecule has 6 heteroatoms. The number of benzene rings is 1. The van der Waals surface area contributed by atoms with Crippen molar-refractivity contribution in [1.29, 1.82) is 0 Å². The lowest BCUT2D eigenvalue weighted by atomic mass is 10.1. The molecule has 0 saturated heterocycles. The number of hydrogen-bond acceptors (Lipinski definition) is 3. The van der Waals surface area contributed by atoms with E-state index in [1.165, 1.54) is 6.92 Å². The fourth-order valence-corrected chi connectivity index (χ4v) is 2.32. The third-order valence-corrected chi connectivity index (χ3v) is 4.32. The van der Waals surface area contributed by atoms with Crippen LogP contribution in [0, 0.1) is 11.6 Å². The molecule has 0 heterocycles. The Bertz CT molecular complexity index is 538. The number of halogens is 2. The molecule has 0 unspecified atom stereocenters. The van der Waals surface area contributed by atoms with Gasteiger partial charge in [0.1, 0.15) is 21.5 Å². The minimum Gasteiger partial charge on any atom is -0.294 e. The molecular weight excluding hydrogens is 262 g/mol. The maximum absolute atomic E-state index is 13.2. The van der Waals surface area contributed by atoms with E-state index in [9.17, 15) is 22.0 Å². The Balaban J connectivity index is 2.61. The highest BCUT2D eigenvalue weighted by molar-refractivity contribution is 7.91. The summed E-state index contributed by atoms with van der Waals surface area (Å²) in [4.78, 5) is 11.6. The van der Waals surface area contributed by atoms with Crippen molar-refractivity contribution in [1.82, 2.24) is 0 Å². The number of carbonyl (C=O) groups excluding carboxylic acids is 1. The first kappa shape index (κ1) is 14.8. The molecule has 3 nitrogen and oxygen atoms in total. The van der Waals surface area contributed by atoms with Gasteiger partial charge in [0, 0.05) is 18.2 Å². The largest absolute Gasteiger partial charge is 0.294 e. The first-order valence-corrected chi connectivity index (χ1v) is 7.36. The van der Waals surface area contributed by atoms with Crippen LogP contribution in [0.25, 0.3) is 0 Å². The monoisotopic (exact) mass is 276 g/mol. The van der Waals surface area contributed by atoms with Gasteiger partial charge in [0.2, 0.25) is 0 Å². The standard InChI is InChI=1S/C12H14F2O3S/c1-2-18(16,17)7-3-4-12(15)10-6-5-9(13)8-11(10)14/h5-6,8H,2-4,7H2,1H3. The number of carbonyl (C=O) groups is 1. The Kier molecular flexibility index (Phi) is 4.95. The first-order valence-electron chi connectivity index (χ1n) is 5.54. The number of sulfone groups is 1. The number of rotatable bonds is 6. The zero-order chi connectivity index (χ0) is 13.8. The highest BCUT2D eigenvalue weighted by Gasteiger charge is 2.14. The minimum atomic E-state index is -3.12. The average Bonchev–Trinajstić information content (AvgIpc) is 2.28. The van der Waals surface area contributed by atoms with Gasteiger partial charge in [0.05, 0.1) is 11.3 Å². The van der Waals surface area contributed by atoms with E-state index in [-0.39, 0.29) is 29.9 Å². The van der Waals surface area contributed by atoms with Crippen molar-refractivity contribution in [2.45, 2.75) is 19.8 Å². The zero-order valence-electron chi connectivity index (χ0n) is 9.95. The molecule has 1 rings (SSSR count). The Hall–Kier alpha value is -1.30. The molecule has 0 spiro atoms. The molecular formula is C12H14F2O3S. The smallest absolute Gasteiger partial charge is 0.165 e. The highest BCUT2D eigenvalue weighted by Crippen LogP contribution is 2.13. The molecule has 0 fully saturated rings. The molecule has 0 saturated carbocycles. The summed E-state index contributed by atoms with van der Waals surface area (Å²) in [6.45, 7) is 1.52. The predicted molar refractivity (Wildman–Crippen MR) is 64.3 cm³/mol. The normalized spacial score (nSPS) is 11.5. The van der Waals surface area contributed by atoms with Crippen LogP contribution in [-0.4, -0.2) is 25.7 Å². The molecule has 1 aromatic rings. The third-order valence-electron chi connectivity index (χ3n) is 2.53. The summed E-state index contributed by atoms with van der Waals surface area (Å²) in [6, 6.07) is 2.70. The van der Waals surface area contributed by atoms with Crippen LogP contribution < -0.4 is 0 Å². The van der Waals surface area contributed by atoms with Crippen LogP contribution in [0.15, 0.2) is 18.2 Å². The summed E-state index contributed by atoms with van der Waals surface area (Å²) < 4.78 is 48.3. The van der Waals surface area contributed by atoms with Crippen LogP contribution in [0.4, 0.5) is 8.78 Å². The van der Waals surface area contributed by atoms with Crippen LogP contribution >= 0.6 is 0 Å². The van der Waals surface area contributed by atoms with Crippen LogP contribution in [-0.2, 0) is 9.84 Å². The second-order valence-electron chi connectivity index (χ2n) is 3.89. The summed E-state index contributed by atoms with van der Waals surface area (Å²) >= 11 is 0. The second kappa shape index (κ2) is 6.04. The summed E-state index contributed by atoms with van der Waals surface area (Å²) in [5.41, 5.74) is -0.203. The van der Waals surface area contributed by atoms with Crippen LogP contribution in [0.3, 0.4) is 0 Å². The SMILES string of the molecule is CCS(=O)(=O)CCCC(=O)c1ccc(F)cc1F. The van der Waals surface area contributed by atoms with Crippen molar-refractivity contribution in [2.75, 3.05) is 11.5 Å². The first-order chi connectivity index (χ1) is 8.35. The third kappa shape index (κ3) is 4.18. The van der Waals surface area contributed by atoms with Crippen molar-refractivity contribution in [3.63, 3.8) is 0 Å². The van der Waals surface area contributed by atoms with Crippen molar-refractivity contribution < 1.29 is 22.0 Å². The van der Waals surface area contributed by atoms with Crippen molar-refractivity contribution >= 4 is 15.6 Å². The average molecular weight is 276 g/mol. The molecule has 0 radical (unpaired) electrons. The molecule has 0 aliphatic carbocycles. The van der Waals surface area contributed by atoms with E-state index in [1.807, 2.05) is 0 Å². The highest BCUT2D eigenvalue weighted by atomic mass is 32.2. The lowest BCUT2D eigenvalue weighted by Crippen LogP contribution is -2.11. The second-order valence-corrected chi connectivity index (χ2v) is 6.36. The van der Waals surface area contributed by atoms with E-state index in [1.54, 1.807) is 0 Å². The van der Waals surface area contributed by atoms with Crippen LogP contribution in [0.2, 0.25) is 0 Å². The van der Waals surface area contributed by atoms with Gasteiger partial charge in [-0.25, -0.2) is 17.2 Å². The molecule has 1 aromatic carbocycles. The number of hydrogen-bond donors (Lipinski definition) is 0. The van der Waals surface area contributed by atoms with Gasteiger partial charge in [0.15, 0.2) is 5.78 Å². The molecule has 18 heavy (non-hydrogen) atoms. The van der Waals surface area contributed by atoms with E-state index in [2.05, 4.69) is 0 Å². The lowest BCUT2D eigenvalue weighted by molar-refractivity contribution is 0.0978. The number of ketones is 1. The van der Waals surface area contributed by atoms with Crippen molar-refractivity contribution in [2.24, 2.45) is 0 Å². The summed E-state index contributed by atoms with van der Waals surface area (Å²) in [5, 5.41) is 0. The van der Waals surface area contributed by atoms with Gasteiger partial charge in [-0.05, 0) is 18.6 Å². The Morgan fingerprint density at radius 3 is 2.50 bits per heavy atom. The van der Waals surface area contributed by atoms with Gasteiger partial charge < -0.3 is 0 Å². The topological polar surface area (TPSA) is 51.2 Å². The van der Waals surface area contributed by atoms with Gasteiger partial charge in [-0.2, -0.15) is 0 Å². The Labute approximate surface area is 105 Å². The molecule has 0 aliphatic rings. The Morgan fingerprint density at radius 2 is 1.94 bits per heavy atom. The lowest BCUT2D eigenvalue weighted by Gasteiger charge is -2.03. The fraction of sp³-hybridized carbons (Fsp3) is 0.417. The van der Waals surface area contributed by atoms with Crippen molar-refractivity contribution in [3.8, 4) is 0 Å². The molecule has 0 amide bonds. The maximum Gasteiger partial charge on any atom is 0.165 e. The van der Waals surface area contributed by atoms with E-state index in [4.69, 9.17) is 0 Å². The van der Waals surface area contributed by atoms with Gasteiger partial charge in [-0.15, -0.1) is 0 Å². The summed E-state index contributed by atoms with van der Waals surface area (Å²) in [6.07, 6.45) is 0.0770. The summed E-state index contributed by atoms with van der Waals surface area (Å²) in [7, 11) is -3.12.